The van der Waals surface area contributed by atoms with Gasteiger partial charge in [0.2, 0.25) is 0 Å². The molecule has 0 radical (unpaired) electrons. The van der Waals surface area contributed by atoms with Crippen molar-refractivity contribution in [3.8, 4) is 18.4 Å². The second-order valence-electron chi connectivity index (χ2n) is 3.90. The lowest BCUT2D eigenvalue weighted by molar-refractivity contribution is 0.0792. The molecule has 0 bridgehead atoms. The zero-order valence-corrected chi connectivity index (χ0v) is 10.2. The van der Waals surface area contributed by atoms with Crippen molar-refractivity contribution >= 4 is 16.7 Å². The highest BCUT2D eigenvalue weighted by atomic mass is 16.2. The number of hydrogen-bond acceptors (Lipinski definition) is 3. The Balaban J connectivity index is 2.46. The summed E-state index contributed by atoms with van der Waals surface area (Å²) in [5.41, 5.74) is 0.323. The van der Waals surface area contributed by atoms with Gasteiger partial charge in [0.15, 0.2) is 0 Å². The van der Waals surface area contributed by atoms with Crippen molar-refractivity contribution in [1.82, 2.24) is 9.88 Å². The monoisotopic (exact) mass is 249 g/mol. The fourth-order valence-corrected chi connectivity index (χ4v) is 1.83. The minimum atomic E-state index is -0.323. The number of carbonyl (C=O) groups is 1. The lowest BCUT2D eigenvalue weighted by atomic mass is 10.1. The largest absolute Gasteiger partial charge is 0.313 e. The fourth-order valence-electron chi connectivity index (χ4n) is 1.83. The van der Waals surface area contributed by atoms with Crippen LogP contribution in [0.25, 0.3) is 10.8 Å². The molecular formula is C15H11N3O. The number of rotatable bonds is 3. The highest BCUT2D eigenvalue weighted by Crippen LogP contribution is 2.17. The first kappa shape index (κ1) is 12.6. The lowest BCUT2D eigenvalue weighted by Crippen LogP contribution is -2.32. The SMILES string of the molecule is C#CCN(CC#N)C(=O)c1nccc2ccccc12. The van der Waals surface area contributed by atoms with Gasteiger partial charge in [0, 0.05) is 11.6 Å². The molecule has 0 atom stereocenters. The molecule has 0 aliphatic heterocycles. The van der Waals surface area contributed by atoms with Gasteiger partial charge in [-0.15, -0.1) is 6.42 Å². The van der Waals surface area contributed by atoms with Gasteiger partial charge in [-0.1, -0.05) is 30.2 Å². The number of fused-ring (bicyclic) bond motifs is 1. The minimum Gasteiger partial charge on any atom is -0.313 e. The molecule has 1 heterocycles. The van der Waals surface area contributed by atoms with Crippen LogP contribution >= 0.6 is 0 Å². The average molecular weight is 249 g/mol. The van der Waals surface area contributed by atoms with Crippen LogP contribution in [0.4, 0.5) is 0 Å². The molecule has 0 saturated heterocycles. The van der Waals surface area contributed by atoms with E-state index in [4.69, 9.17) is 11.7 Å². The molecule has 0 spiro atoms. The molecule has 1 aromatic heterocycles. The van der Waals surface area contributed by atoms with Gasteiger partial charge in [-0.2, -0.15) is 5.26 Å². The van der Waals surface area contributed by atoms with E-state index >= 15 is 0 Å². The molecule has 0 aliphatic carbocycles. The molecule has 1 aromatic carbocycles. The van der Waals surface area contributed by atoms with Crippen LogP contribution in [0.1, 0.15) is 10.5 Å². The lowest BCUT2D eigenvalue weighted by Gasteiger charge is -2.16. The molecule has 4 nitrogen and oxygen atoms in total. The van der Waals surface area contributed by atoms with Crippen molar-refractivity contribution in [3.63, 3.8) is 0 Å². The molecular weight excluding hydrogens is 238 g/mol. The number of terminal acetylenes is 1. The third-order valence-electron chi connectivity index (χ3n) is 2.71. The van der Waals surface area contributed by atoms with Crippen LogP contribution in [0, 0.1) is 23.7 Å². The number of benzene rings is 1. The average Bonchev–Trinajstić information content (AvgIpc) is 2.46. The first-order valence-corrected chi connectivity index (χ1v) is 5.71. The number of aromatic nitrogens is 1. The molecule has 0 fully saturated rings. The number of carbonyl (C=O) groups excluding carboxylic acids is 1. The van der Waals surface area contributed by atoms with Crippen molar-refractivity contribution < 1.29 is 4.79 Å². The molecule has 0 N–H and O–H groups in total. The number of hydrogen-bond donors (Lipinski definition) is 0. The van der Waals surface area contributed by atoms with E-state index in [0.717, 1.165) is 10.8 Å². The van der Waals surface area contributed by atoms with Crippen molar-refractivity contribution in [3.05, 3.63) is 42.2 Å². The summed E-state index contributed by atoms with van der Waals surface area (Å²) in [5, 5.41) is 10.4. The first-order chi connectivity index (χ1) is 9.27. The van der Waals surface area contributed by atoms with Crippen LogP contribution in [0.5, 0.6) is 0 Å². The van der Waals surface area contributed by atoms with E-state index in [1.54, 1.807) is 6.20 Å². The Morgan fingerprint density at radius 1 is 1.32 bits per heavy atom. The molecule has 0 saturated carbocycles. The van der Waals surface area contributed by atoms with Gasteiger partial charge in [0.1, 0.15) is 12.2 Å². The van der Waals surface area contributed by atoms with E-state index in [1.165, 1.54) is 4.90 Å². The van der Waals surface area contributed by atoms with Gasteiger partial charge in [-0.05, 0) is 11.5 Å². The summed E-state index contributed by atoms with van der Waals surface area (Å²) in [7, 11) is 0. The Morgan fingerprint density at radius 2 is 2.11 bits per heavy atom. The van der Waals surface area contributed by atoms with Gasteiger partial charge in [0.05, 0.1) is 12.6 Å². The van der Waals surface area contributed by atoms with Crippen molar-refractivity contribution in [2.75, 3.05) is 13.1 Å². The smallest absolute Gasteiger partial charge is 0.274 e. The van der Waals surface area contributed by atoms with Gasteiger partial charge >= 0.3 is 0 Å². The summed E-state index contributed by atoms with van der Waals surface area (Å²) >= 11 is 0. The van der Waals surface area contributed by atoms with Crippen LogP contribution in [0.3, 0.4) is 0 Å². The summed E-state index contributed by atoms with van der Waals surface area (Å²) in [6.07, 6.45) is 6.79. The Hall–Kier alpha value is -2.85. The third-order valence-corrected chi connectivity index (χ3v) is 2.71. The number of amides is 1. The molecule has 4 heteroatoms. The fraction of sp³-hybridized carbons (Fsp3) is 0.133. The molecule has 2 rings (SSSR count). The Kier molecular flexibility index (Phi) is 3.75. The van der Waals surface area contributed by atoms with E-state index in [1.807, 2.05) is 36.4 Å². The predicted molar refractivity (Wildman–Crippen MR) is 72.1 cm³/mol. The molecule has 19 heavy (non-hydrogen) atoms. The van der Waals surface area contributed by atoms with E-state index in [9.17, 15) is 4.79 Å². The van der Waals surface area contributed by atoms with Crippen LogP contribution in [0.15, 0.2) is 36.5 Å². The van der Waals surface area contributed by atoms with Crippen LogP contribution < -0.4 is 0 Å². The number of pyridine rings is 1. The molecule has 92 valence electrons. The van der Waals surface area contributed by atoms with Gasteiger partial charge in [0.25, 0.3) is 5.91 Å². The van der Waals surface area contributed by atoms with Crippen LogP contribution in [-0.2, 0) is 0 Å². The normalized spacial score (nSPS) is 9.58. The van der Waals surface area contributed by atoms with Gasteiger partial charge in [-0.3, -0.25) is 9.78 Å². The molecule has 0 aliphatic rings. The highest BCUT2D eigenvalue weighted by molar-refractivity contribution is 6.05. The standard InChI is InChI=1S/C15H11N3O/c1-2-10-18(11-8-16)15(19)14-13-6-4-3-5-12(13)7-9-17-14/h1,3-7,9H,10-11H2. The summed E-state index contributed by atoms with van der Waals surface area (Å²) in [4.78, 5) is 17.8. The zero-order chi connectivity index (χ0) is 13.7. The molecule has 1 amide bonds. The van der Waals surface area contributed by atoms with Crippen LogP contribution in [0.2, 0.25) is 0 Å². The molecule has 0 unspecified atom stereocenters. The number of nitriles is 1. The zero-order valence-electron chi connectivity index (χ0n) is 10.2. The van der Waals surface area contributed by atoms with Gasteiger partial charge < -0.3 is 4.90 Å². The topological polar surface area (TPSA) is 57.0 Å². The summed E-state index contributed by atoms with van der Waals surface area (Å²) < 4.78 is 0. The van der Waals surface area contributed by atoms with Crippen molar-refractivity contribution in [2.24, 2.45) is 0 Å². The summed E-state index contributed by atoms with van der Waals surface area (Å²) in [6, 6.07) is 11.2. The summed E-state index contributed by atoms with van der Waals surface area (Å²) in [6.45, 7) is 0.0469. The van der Waals surface area contributed by atoms with Crippen molar-refractivity contribution in [1.29, 1.82) is 5.26 Å². The summed E-state index contributed by atoms with van der Waals surface area (Å²) in [5.74, 6) is 2.05. The van der Waals surface area contributed by atoms with E-state index < -0.39 is 0 Å². The maximum Gasteiger partial charge on any atom is 0.274 e. The van der Waals surface area contributed by atoms with Gasteiger partial charge in [-0.25, -0.2) is 0 Å². The van der Waals surface area contributed by atoms with Crippen LogP contribution in [-0.4, -0.2) is 28.9 Å². The van der Waals surface area contributed by atoms with E-state index in [-0.39, 0.29) is 19.0 Å². The maximum atomic E-state index is 12.4. The second kappa shape index (κ2) is 5.66. The second-order valence-corrected chi connectivity index (χ2v) is 3.90. The Bertz CT molecular complexity index is 673. The minimum absolute atomic E-state index is 0.0477. The van der Waals surface area contributed by atoms with E-state index in [0.29, 0.717) is 5.69 Å². The molecule has 2 aromatic rings. The predicted octanol–water partition coefficient (Wildman–Crippen LogP) is 1.83. The van der Waals surface area contributed by atoms with Crippen molar-refractivity contribution in [2.45, 2.75) is 0 Å². The first-order valence-electron chi connectivity index (χ1n) is 5.71. The Labute approximate surface area is 111 Å². The quantitative estimate of drug-likeness (QED) is 0.616. The highest BCUT2D eigenvalue weighted by Gasteiger charge is 2.18. The van der Waals surface area contributed by atoms with E-state index in [2.05, 4.69) is 10.9 Å². The number of nitrogens with zero attached hydrogens (tertiary/aromatic N) is 3. The third kappa shape index (κ3) is 2.53. The maximum absolute atomic E-state index is 12.4. The Morgan fingerprint density at radius 3 is 2.84 bits per heavy atom.